The Kier molecular flexibility index (Phi) is 4.34. The van der Waals surface area contributed by atoms with Crippen LogP contribution in [0.2, 0.25) is 0 Å². The van der Waals surface area contributed by atoms with E-state index >= 15 is 0 Å². The molecule has 1 amide bonds. The van der Waals surface area contributed by atoms with E-state index in [0.29, 0.717) is 32.4 Å². The van der Waals surface area contributed by atoms with Crippen molar-refractivity contribution in [3.8, 4) is 0 Å². The minimum Gasteiger partial charge on any atom is -0.389 e. The standard InChI is InChI=1S/C17H18FN3O2/c18-14-2-1-7-20-15(14)16(22)21-10-5-17(23,6-11-21)12-13-3-8-19-9-4-13/h1-4,7-9,23H,5-6,10-12H2. The molecule has 0 bridgehead atoms. The smallest absolute Gasteiger partial charge is 0.275 e. The fourth-order valence-electron chi connectivity index (χ4n) is 2.88. The van der Waals surface area contributed by atoms with Crippen LogP contribution in [0.3, 0.4) is 0 Å². The van der Waals surface area contributed by atoms with E-state index in [4.69, 9.17) is 0 Å². The molecule has 0 spiro atoms. The zero-order chi connectivity index (χ0) is 16.3. The monoisotopic (exact) mass is 315 g/mol. The van der Waals surface area contributed by atoms with Crippen LogP contribution in [0.15, 0.2) is 42.9 Å². The van der Waals surface area contributed by atoms with Gasteiger partial charge in [-0.2, -0.15) is 0 Å². The highest BCUT2D eigenvalue weighted by Crippen LogP contribution is 2.27. The number of likely N-dealkylation sites (tertiary alicyclic amines) is 1. The average molecular weight is 315 g/mol. The molecule has 0 aromatic carbocycles. The van der Waals surface area contributed by atoms with Crippen molar-refractivity contribution in [2.45, 2.75) is 24.9 Å². The molecule has 6 heteroatoms. The van der Waals surface area contributed by atoms with Crippen LogP contribution >= 0.6 is 0 Å². The highest BCUT2D eigenvalue weighted by molar-refractivity contribution is 5.92. The van der Waals surface area contributed by atoms with Gasteiger partial charge in [-0.3, -0.25) is 9.78 Å². The van der Waals surface area contributed by atoms with Gasteiger partial charge in [-0.1, -0.05) is 0 Å². The quantitative estimate of drug-likeness (QED) is 0.938. The van der Waals surface area contributed by atoms with Gasteiger partial charge in [0.05, 0.1) is 5.60 Å². The summed E-state index contributed by atoms with van der Waals surface area (Å²) in [5.74, 6) is -1.04. The number of carbonyl (C=O) groups is 1. The fourth-order valence-corrected chi connectivity index (χ4v) is 2.88. The molecule has 3 heterocycles. The van der Waals surface area contributed by atoms with Crippen LogP contribution in [-0.2, 0) is 6.42 Å². The highest BCUT2D eigenvalue weighted by Gasteiger charge is 2.35. The number of aliphatic hydroxyl groups is 1. The number of amides is 1. The fraction of sp³-hybridized carbons (Fsp3) is 0.353. The summed E-state index contributed by atoms with van der Waals surface area (Å²) < 4.78 is 13.7. The summed E-state index contributed by atoms with van der Waals surface area (Å²) in [6.07, 6.45) is 6.23. The lowest BCUT2D eigenvalue weighted by Gasteiger charge is -2.38. The molecule has 0 aliphatic carbocycles. The van der Waals surface area contributed by atoms with Gasteiger partial charge >= 0.3 is 0 Å². The molecule has 0 radical (unpaired) electrons. The van der Waals surface area contributed by atoms with Crippen molar-refractivity contribution in [3.05, 3.63) is 59.9 Å². The molecule has 1 aliphatic heterocycles. The van der Waals surface area contributed by atoms with Gasteiger partial charge in [0.15, 0.2) is 11.5 Å². The van der Waals surface area contributed by atoms with Gasteiger partial charge in [0.1, 0.15) is 0 Å². The van der Waals surface area contributed by atoms with Crippen molar-refractivity contribution < 1.29 is 14.3 Å². The van der Waals surface area contributed by atoms with Crippen LogP contribution in [0.1, 0.15) is 28.9 Å². The summed E-state index contributed by atoms with van der Waals surface area (Å²) in [5, 5.41) is 10.7. The minimum absolute atomic E-state index is 0.160. The Bertz CT molecular complexity index is 685. The number of halogens is 1. The maximum atomic E-state index is 13.7. The van der Waals surface area contributed by atoms with Gasteiger partial charge in [0, 0.05) is 38.1 Å². The Morgan fingerprint density at radius 2 is 1.91 bits per heavy atom. The van der Waals surface area contributed by atoms with Crippen LogP contribution < -0.4 is 0 Å². The summed E-state index contributed by atoms with van der Waals surface area (Å²) in [6, 6.07) is 6.43. The molecule has 0 atom stereocenters. The van der Waals surface area contributed by atoms with Crippen molar-refractivity contribution in [1.82, 2.24) is 14.9 Å². The van der Waals surface area contributed by atoms with E-state index in [9.17, 15) is 14.3 Å². The largest absolute Gasteiger partial charge is 0.389 e. The molecule has 23 heavy (non-hydrogen) atoms. The zero-order valence-electron chi connectivity index (χ0n) is 12.7. The first kappa shape index (κ1) is 15.6. The molecule has 0 unspecified atom stereocenters. The number of nitrogens with zero attached hydrogens (tertiary/aromatic N) is 3. The van der Waals surface area contributed by atoms with Crippen LogP contribution in [0, 0.1) is 5.82 Å². The van der Waals surface area contributed by atoms with E-state index in [1.54, 1.807) is 17.3 Å². The lowest BCUT2D eigenvalue weighted by Crippen LogP contribution is -2.48. The number of hydrogen-bond acceptors (Lipinski definition) is 4. The first-order chi connectivity index (χ1) is 11.1. The molecule has 120 valence electrons. The minimum atomic E-state index is -0.846. The SMILES string of the molecule is O=C(c1ncccc1F)N1CCC(O)(Cc2ccncc2)CC1. The maximum absolute atomic E-state index is 13.7. The summed E-state index contributed by atoms with van der Waals surface area (Å²) >= 11 is 0. The summed E-state index contributed by atoms with van der Waals surface area (Å²) in [6.45, 7) is 0.771. The number of carbonyl (C=O) groups excluding carboxylic acids is 1. The molecule has 2 aromatic heterocycles. The molecule has 3 rings (SSSR count). The van der Waals surface area contributed by atoms with Crippen molar-refractivity contribution >= 4 is 5.91 Å². The van der Waals surface area contributed by atoms with Crippen LogP contribution in [-0.4, -0.2) is 44.6 Å². The Labute approximate surface area is 133 Å². The van der Waals surface area contributed by atoms with Crippen molar-refractivity contribution in [2.75, 3.05) is 13.1 Å². The third kappa shape index (κ3) is 3.53. The van der Waals surface area contributed by atoms with E-state index in [2.05, 4.69) is 9.97 Å². The van der Waals surface area contributed by atoms with Gasteiger partial charge < -0.3 is 10.0 Å². The molecule has 1 aliphatic rings. The van der Waals surface area contributed by atoms with Crippen LogP contribution in [0.5, 0.6) is 0 Å². The Hall–Kier alpha value is -2.34. The lowest BCUT2D eigenvalue weighted by atomic mass is 9.85. The number of piperidine rings is 1. The molecular formula is C17H18FN3O2. The molecule has 1 fully saturated rings. The predicted octanol–water partition coefficient (Wildman–Crippen LogP) is 1.83. The van der Waals surface area contributed by atoms with E-state index < -0.39 is 17.3 Å². The van der Waals surface area contributed by atoms with Gasteiger partial charge in [-0.05, 0) is 42.7 Å². The average Bonchev–Trinajstić information content (AvgIpc) is 2.56. The summed E-state index contributed by atoms with van der Waals surface area (Å²) in [7, 11) is 0. The summed E-state index contributed by atoms with van der Waals surface area (Å²) in [4.78, 5) is 21.7. The highest BCUT2D eigenvalue weighted by atomic mass is 19.1. The van der Waals surface area contributed by atoms with E-state index in [1.807, 2.05) is 12.1 Å². The van der Waals surface area contributed by atoms with Gasteiger partial charge in [-0.25, -0.2) is 9.37 Å². The van der Waals surface area contributed by atoms with Crippen molar-refractivity contribution in [2.24, 2.45) is 0 Å². The maximum Gasteiger partial charge on any atom is 0.275 e. The van der Waals surface area contributed by atoms with E-state index in [0.717, 1.165) is 5.56 Å². The van der Waals surface area contributed by atoms with Gasteiger partial charge in [0.2, 0.25) is 0 Å². The van der Waals surface area contributed by atoms with Crippen LogP contribution in [0.25, 0.3) is 0 Å². The van der Waals surface area contributed by atoms with Crippen LogP contribution in [0.4, 0.5) is 4.39 Å². The molecular weight excluding hydrogens is 297 g/mol. The van der Waals surface area contributed by atoms with Gasteiger partial charge in [0.25, 0.3) is 5.91 Å². The first-order valence-electron chi connectivity index (χ1n) is 7.58. The van der Waals surface area contributed by atoms with Crippen molar-refractivity contribution in [1.29, 1.82) is 0 Å². The predicted molar refractivity (Wildman–Crippen MR) is 82.2 cm³/mol. The Balaban J connectivity index is 1.64. The second kappa shape index (κ2) is 6.42. The number of aromatic nitrogens is 2. The lowest BCUT2D eigenvalue weighted by molar-refractivity contribution is -0.0164. The topological polar surface area (TPSA) is 66.3 Å². The third-order valence-corrected chi connectivity index (χ3v) is 4.22. The second-order valence-electron chi connectivity index (χ2n) is 5.88. The van der Waals surface area contributed by atoms with Gasteiger partial charge in [-0.15, -0.1) is 0 Å². The van der Waals surface area contributed by atoms with Crippen molar-refractivity contribution in [3.63, 3.8) is 0 Å². The summed E-state index contributed by atoms with van der Waals surface area (Å²) in [5.41, 5.74) is 0.00553. The molecule has 2 aromatic rings. The normalized spacial score (nSPS) is 17.0. The Morgan fingerprint density at radius 3 is 2.57 bits per heavy atom. The number of hydrogen-bond donors (Lipinski definition) is 1. The molecule has 1 saturated heterocycles. The third-order valence-electron chi connectivity index (χ3n) is 4.22. The molecule has 1 N–H and O–H groups in total. The van der Waals surface area contributed by atoms with E-state index in [-0.39, 0.29) is 5.69 Å². The second-order valence-corrected chi connectivity index (χ2v) is 5.88. The number of pyridine rings is 2. The Morgan fingerprint density at radius 1 is 1.22 bits per heavy atom. The van der Waals surface area contributed by atoms with E-state index in [1.165, 1.54) is 18.3 Å². The first-order valence-corrected chi connectivity index (χ1v) is 7.58. The zero-order valence-corrected chi connectivity index (χ0v) is 12.7. The molecule has 0 saturated carbocycles. The molecule has 5 nitrogen and oxygen atoms in total. The number of rotatable bonds is 3.